The zero-order chi connectivity index (χ0) is 37.0. The van der Waals surface area contributed by atoms with Gasteiger partial charge in [-0.1, -0.05) is 146 Å². The highest BCUT2D eigenvalue weighted by Gasteiger charge is 2.51. The lowest BCUT2D eigenvalue weighted by molar-refractivity contribution is 0.797. The topological polar surface area (TPSA) is 0 Å². The Morgan fingerprint density at radius 1 is 0.281 bits per heavy atom. The van der Waals surface area contributed by atoms with Crippen LogP contribution in [0.15, 0.2) is 182 Å². The Morgan fingerprint density at radius 3 is 1.16 bits per heavy atom. The van der Waals surface area contributed by atoms with Crippen LogP contribution in [0.2, 0.25) is 0 Å². The fourth-order valence-corrected chi connectivity index (χ4v) is 13.5. The zero-order valence-electron chi connectivity index (χ0n) is 30.6. The van der Waals surface area contributed by atoms with Crippen LogP contribution in [-0.4, -0.2) is 0 Å². The van der Waals surface area contributed by atoms with Crippen molar-refractivity contribution < 1.29 is 0 Å². The number of thiophene rings is 2. The molecule has 1 spiro atoms. The van der Waals surface area contributed by atoms with Crippen LogP contribution in [0, 0.1) is 0 Å². The highest BCUT2D eigenvalue weighted by molar-refractivity contribution is 7.26. The molecule has 14 rings (SSSR count). The lowest BCUT2D eigenvalue weighted by Gasteiger charge is -2.31. The second kappa shape index (κ2) is 10.8. The zero-order valence-corrected chi connectivity index (χ0v) is 32.3. The van der Waals surface area contributed by atoms with E-state index in [0.29, 0.717) is 0 Å². The van der Waals surface area contributed by atoms with Gasteiger partial charge in [-0.15, -0.1) is 22.7 Å². The van der Waals surface area contributed by atoms with E-state index in [9.17, 15) is 0 Å². The molecule has 0 fully saturated rings. The summed E-state index contributed by atoms with van der Waals surface area (Å²) < 4.78 is 5.37. The van der Waals surface area contributed by atoms with Crippen molar-refractivity contribution in [3.05, 3.63) is 204 Å². The summed E-state index contributed by atoms with van der Waals surface area (Å²) in [4.78, 5) is 0. The lowest BCUT2D eigenvalue weighted by atomic mass is 9.69. The highest BCUT2D eigenvalue weighted by atomic mass is 32.1. The van der Waals surface area contributed by atoms with Crippen molar-refractivity contribution in [3.8, 4) is 33.4 Å². The van der Waals surface area contributed by atoms with Gasteiger partial charge in [0.2, 0.25) is 0 Å². The fraction of sp³-hybridized carbons (Fsp3) is 0.0182. The molecule has 0 N–H and O–H groups in total. The number of hydrogen-bond acceptors (Lipinski definition) is 2. The van der Waals surface area contributed by atoms with Crippen molar-refractivity contribution >= 4 is 95.3 Å². The first-order chi connectivity index (χ1) is 28.3. The van der Waals surface area contributed by atoms with Crippen LogP contribution in [0.25, 0.3) is 106 Å². The average molecular weight is 755 g/mol. The van der Waals surface area contributed by atoms with Crippen LogP contribution in [0.4, 0.5) is 0 Å². The molecule has 2 heteroatoms. The molecule has 12 aromatic rings. The monoisotopic (exact) mass is 754 g/mol. The quantitative estimate of drug-likeness (QED) is 0.154. The van der Waals surface area contributed by atoms with Crippen LogP contribution >= 0.6 is 22.7 Å². The van der Waals surface area contributed by atoms with Crippen molar-refractivity contribution in [1.29, 1.82) is 0 Å². The van der Waals surface area contributed by atoms with Crippen LogP contribution < -0.4 is 0 Å². The molecule has 0 saturated heterocycles. The van der Waals surface area contributed by atoms with E-state index < -0.39 is 5.41 Å². The molecule has 262 valence electrons. The highest BCUT2D eigenvalue weighted by Crippen LogP contribution is 2.64. The fourth-order valence-electron chi connectivity index (χ4n) is 11.0. The second-order valence-corrected chi connectivity index (χ2v) is 17.9. The van der Waals surface area contributed by atoms with Gasteiger partial charge in [-0.3, -0.25) is 0 Å². The second-order valence-electron chi connectivity index (χ2n) is 15.8. The Morgan fingerprint density at radius 2 is 0.667 bits per heavy atom. The summed E-state index contributed by atoms with van der Waals surface area (Å²) in [5.41, 5.74) is 12.9. The molecule has 0 nitrogen and oxygen atoms in total. The van der Waals surface area contributed by atoms with E-state index >= 15 is 0 Å². The minimum Gasteiger partial charge on any atom is -0.135 e. The first-order valence-corrected chi connectivity index (χ1v) is 21.4. The first-order valence-electron chi connectivity index (χ1n) is 19.8. The van der Waals surface area contributed by atoms with Crippen molar-refractivity contribution in [2.75, 3.05) is 0 Å². The maximum Gasteiger partial charge on any atom is 0.0726 e. The molecule has 0 saturated carbocycles. The summed E-state index contributed by atoms with van der Waals surface area (Å²) in [5, 5.41) is 13.4. The van der Waals surface area contributed by atoms with Crippen LogP contribution in [-0.2, 0) is 5.41 Å². The molecule has 0 amide bonds. The van der Waals surface area contributed by atoms with Crippen LogP contribution in [0.3, 0.4) is 0 Å². The molecule has 2 heterocycles. The maximum absolute atomic E-state index is 2.58. The average Bonchev–Trinajstić information content (AvgIpc) is 4.01. The molecule has 0 unspecified atom stereocenters. The molecule has 0 bridgehead atoms. The smallest absolute Gasteiger partial charge is 0.0726 e. The number of hydrogen-bond donors (Lipinski definition) is 0. The summed E-state index contributed by atoms with van der Waals surface area (Å²) in [7, 11) is 0. The van der Waals surface area contributed by atoms with Crippen LogP contribution in [0.1, 0.15) is 22.3 Å². The predicted octanol–water partition coefficient (Wildman–Crippen LogP) is 15.9. The number of benzene rings is 10. The molecule has 2 aliphatic carbocycles. The van der Waals surface area contributed by atoms with Gasteiger partial charge >= 0.3 is 0 Å². The molecular weight excluding hydrogens is 725 g/mol. The predicted molar refractivity (Wildman–Crippen MR) is 246 cm³/mol. The third-order valence-electron chi connectivity index (χ3n) is 13.2. The summed E-state index contributed by atoms with van der Waals surface area (Å²) in [6.07, 6.45) is 0. The number of rotatable bonds is 2. The van der Waals surface area contributed by atoms with E-state index in [-0.39, 0.29) is 0 Å². The molecule has 0 atom stereocenters. The van der Waals surface area contributed by atoms with Gasteiger partial charge in [0, 0.05) is 40.3 Å². The van der Waals surface area contributed by atoms with E-state index in [4.69, 9.17) is 0 Å². The summed E-state index contributed by atoms with van der Waals surface area (Å²) in [5.74, 6) is 0. The molecule has 57 heavy (non-hydrogen) atoms. The van der Waals surface area contributed by atoms with Crippen molar-refractivity contribution in [3.63, 3.8) is 0 Å². The molecule has 2 aromatic heterocycles. The minimum atomic E-state index is -0.489. The van der Waals surface area contributed by atoms with Crippen LogP contribution in [0.5, 0.6) is 0 Å². The minimum absolute atomic E-state index is 0.489. The van der Waals surface area contributed by atoms with Crippen molar-refractivity contribution in [1.82, 2.24) is 0 Å². The SMILES string of the molecule is c1ccc2c(c1)-c1ccccc1C21c2cc(-c3cccc4c3sc3ccccc34)cc3c4ccccc4c4cc(-c5cccc6c5sc5ccccc56)cc1c4c23. The van der Waals surface area contributed by atoms with E-state index in [1.54, 1.807) is 0 Å². The van der Waals surface area contributed by atoms with Crippen molar-refractivity contribution in [2.45, 2.75) is 5.41 Å². The molecule has 0 radical (unpaired) electrons. The van der Waals surface area contributed by atoms with Gasteiger partial charge in [-0.2, -0.15) is 0 Å². The Balaban J connectivity index is 1.18. The van der Waals surface area contributed by atoms with Crippen molar-refractivity contribution in [2.24, 2.45) is 0 Å². The number of fused-ring (bicyclic) bond motifs is 16. The lowest BCUT2D eigenvalue weighted by Crippen LogP contribution is -2.26. The van der Waals surface area contributed by atoms with E-state index in [2.05, 4.69) is 182 Å². The Kier molecular flexibility index (Phi) is 5.82. The molecular formula is C55H30S2. The molecule has 10 aromatic carbocycles. The normalized spacial score (nSPS) is 13.8. The Labute approximate surface area is 336 Å². The van der Waals surface area contributed by atoms with E-state index in [1.165, 1.54) is 128 Å². The van der Waals surface area contributed by atoms with Gasteiger partial charge in [-0.25, -0.2) is 0 Å². The maximum atomic E-state index is 2.58. The standard InChI is InChI=1S/C55H30S2/c1-2-14-36-35(13-1)43-27-31(33-19-11-21-41-39-17-5-9-25-49(39)56-53(33)41)29-47-51(43)52-44(36)28-32(34-20-12-22-42-40-18-6-10-26-50(40)57-54(34)42)30-48(52)55(47)45-23-7-3-15-37(45)38-16-4-8-24-46(38)55/h1-30H. The summed E-state index contributed by atoms with van der Waals surface area (Å²) >= 11 is 3.84. The molecule has 2 aliphatic rings. The van der Waals surface area contributed by atoms with E-state index in [1.807, 2.05) is 22.7 Å². The largest absolute Gasteiger partial charge is 0.135 e. The van der Waals surface area contributed by atoms with Gasteiger partial charge in [0.15, 0.2) is 0 Å². The van der Waals surface area contributed by atoms with Gasteiger partial charge in [0.1, 0.15) is 0 Å². The summed E-state index contributed by atoms with van der Waals surface area (Å²) in [6, 6.07) is 69.4. The first kappa shape index (κ1) is 30.6. The van der Waals surface area contributed by atoms with Gasteiger partial charge in [-0.05, 0) is 124 Å². The Hall–Kier alpha value is -6.58. The third kappa shape index (κ3) is 3.74. The Bertz CT molecular complexity index is 3510. The van der Waals surface area contributed by atoms with Gasteiger partial charge < -0.3 is 0 Å². The molecule has 0 aliphatic heterocycles. The van der Waals surface area contributed by atoms with Gasteiger partial charge in [0.05, 0.1) is 5.41 Å². The van der Waals surface area contributed by atoms with E-state index in [0.717, 1.165) is 0 Å². The summed E-state index contributed by atoms with van der Waals surface area (Å²) in [6.45, 7) is 0. The third-order valence-corrected chi connectivity index (χ3v) is 15.7. The van der Waals surface area contributed by atoms with Gasteiger partial charge in [0.25, 0.3) is 0 Å².